The summed E-state index contributed by atoms with van der Waals surface area (Å²) in [4.78, 5) is 19.0. The van der Waals surface area contributed by atoms with Crippen LogP contribution in [-0.4, -0.2) is 55.5 Å². The van der Waals surface area contributed by atoms with Crippen molar-refractivity contribution >= 4 is 11.9 Å². The number of benzene rings is 2. The Balaban J connectivity index is 1.38. The summed E-state index contributed by atoms with van der Waals surface area (Å²) >= 11 is 0. The first-order valence-corrected chi connectivity index (χ1v) is 11.3. The zero-order valence-corrected chi connectivity index (χ0v) is 19.2. The van der Waals surface area contributed by atoms with Crippen LogP contribution in [0.3, 0.4) is 0 Å². The van der Waals surface area contributed by atoms with E-state index >= 15 is 0 Å². The first-order valence-electron chi connectivity index (χ1n) is 11.3. The molecule has 2 aromatic carbocycles. The second-order valence-electron chi connectivity index (χ2n) is 8.39. The van der Waals surface area contributed by atoms with E-state index in [1.54, 1.807) is 26.1 Å². The lowest BCUT2D eigenvalue weighted by Crippen LogP contribution is -2.52. The van der Waals surface area contributed by atoms with Crippen LogP contribution in [-0.2, 0) is 6.54 Å². The molecule has 1 aliphatic heterocycles. The molecule has 32 heavy (non-hydrogen) atoms. The molecule has 2 unspecified atom stereocenters. The van der Waals surface area contributed by atoms with Crippen molar-refractivity contribution in [2.45, 2.75) is 45.3 Å². The highest BCUT2D eigenvalue weighted by molar-refractivity contribution is 5.94. The molecule has 3 rings (SSSR count). The fourth-order valence-corrected chi connectivity index (χ4v) is 3.99. The van der Waals surface area contributed by atoms with E-state index in [1.165, 1.54) is 11.6 Å². The van der Waals surface area contributed by atoms with Gasteiger partial charge in [-0.05, 0) is 49.9 Å². The van der Waals surface area contributed by atoms with Crippen molar-refractivity contribution in [3.05, 3.63) is 71.0 Å². The predicted molar refractivity (Wildman–Crippen MR) is 127 cm³/mol. The van der Waals surface area contributed by atoms with E-state index in [9.17, 15) is 9.18 Å². The van der Waals surface area contributed by atoms with Gasteiger partial charge in [-0.1, -0.05) is 36.4 Å². The lowest BCUT2D eigenvalue weighted by Gasteiger charge is -2.38. The van der Waals surface area contributed by atoms with Gasteiger partial charge < -0.3 is 16.0 Å². The Hall–Kier alpha value is -2.93. The summed E-state index contributed by atoms with van der Waals surface area (Å²) < 4.78 is 13.6. The Morgan fingerprint density at radius 3 is 2.59 bits per heavy atom. The Morgan fingerprint density at radius 2 is 1.91 bits per heavy atom. The second kappa shape index (κ2) is 11.6. The van der Waals surface area contributed by atoms with Gasteiger partial charge in [0.25, 0.3) is 5.91 Å². The number of carbonyl (C=O) groups excluding carboxylic acids is 1. The molecule has 1 aliphatic rings. The molecule has 0 aliphatic carbocycles. The van der Waals surface area contributed by atoms with Crippen LogP contribution in [0.4, 0.5) is 4.39 Å². The van der Waals surface area contributed by atoms with Gasteiger partial charge in [-0.25, -0.2) is 4.39 Å². The zero-order valence-electron chi connectivity index (χ0n) is 19.2. The first-order chi connectivity index (χ1) is 15.5. The largest absolute Gasteiger partial charge is 0.355 e. The standard InChI is InChI=1S/C25H34FN5O/c1-18-9-10-21(16-23(18)26)24(32)28-12-13-29-25(27-3)30-22-11-14-31(19(2)15-22)17-20-7-5-4-6-8-20/h4-10,16,19,22H,11-15,17H2,1-3H3,(H,28,32)(H2,27,29,30). The number of halogens is 1. The molecule has 1 saturated heterocycles. The van der Waals surface area contributed by atoms with Crippen LogP contribution in [0.5, 0.6) is 0 Å². The van der Waals surface area contributed by atoms with Crippen LogP contribution in [0, 0.1) is 12.7 Å². The van der Waals surface area contributed by atoms with Crippen molar-refractivity contribution in [3.8, 4) is 0 Å². The van der Waals surface area contributed by atoms with E-state index in [4.69, 9.17) is 0 Å². The number of piperidine rings is 1. The highest BCUT2D eigenvalue weighted by atomic mass is 19.1. The summed E-state index contributed by atoms with van der Waals surface area (Å²) in [5.41, 5.74) is 2.20. The van der Waals surface area contributed by atoms with Gasteiger partial charge in [-0.15, -0.1) is 0 Å². The van der Waals surface area contributed by atoms with E-state index < -0.39 is 0 Å². The number of carbonyl (C=O) groups is 1. The zero-order chi connectivity index (χ0) is 22.9. The molecule has 0 bridgehead atoms. The normalized spacial score (nSPS) is 19.4. The van der Waals surface area contributed by atoms with Crippen LogP contribution in [0.2, 0.25) is 0 Å². The fraction of sp³-hybridized carbons (Fsp3) is 0.440. The summed E-state index contributed by atoms with van der Waals surface area (Å²) in [6.07, 6.45) is 2.09. The SMILES string of the molecule is CN=C(NCCNC(=O)c1ccc(C)c(F)c1)NC1CCN(Cc2ccccc2)C(C)C1. The third kappa shape index (κ3) is 6.79. The van der Waals surface area contributed by atoms with Crippen LogP contribution in [0.1, 0.15) is 41.3 Å². The van der Waals surface area contributed by atoms with Crippen LogP contribution < -0.4 is 16.0 Å². The number of nitrogens with one attached hydrogen (secondary N) is 3. The van der Waals surface area contributed by atoms with Crippen molar-refractivity contribution in [2.24, 2.45) is 4.99 Å². The summed E-state index contributed by atoms with van der Waals surface area (Å²) in [6.45, 7) is 6.91. The topological polar surface area (TPSA) is 68.8 Å². The van der Waals surface area contributed by atoms with E-state index in [0.29, 0.717) is 36.3 Å². The smallest absolute Gasteiger partial charge is 0.251 e. The van der Waals surface area contributed by atoms with Gasteiger partial charge >= 0.3 is 0 Å². The minimum atomic E-state index is -0.371. The van der Waals surface area contributed by atoms with Gasteiger partial charge in [-0.3, -0.25) is 14.7 Å². The molecule has 6 nitrogen and oxygen atoms in total. The highest BCUT2D eigenvalue weighted by Crippen LogP contribution is 2.19. The molecule has 1 amide bonds. The molecule has 1 heterocycles. The predicted octanol–water partition coefficient (Wildman–Crippen LogP) is 3.08. The van der Waals surface area contributed by atoms with E-state index in [0.717, 1.165) is 31.9 Å². The third-order valence-electron chi connectivity index (χ3n) is 5.94. The summed E-state index contributed by atoms with van der Waals surface area (Å²) in [7, 11) is 1.75. The Labute approximate surface area is 190 Å². The molecule has 2 aromatic rings. The van der Waals surface area contributed by atoms with E-state index in [-0.39, 0.29) is 11.7 Å². The van der Waals surface area contributed by atoms with Crippen molar-refractivity contribution in [1.82, 2.24) is 20.9 Å². The average molecular weight is 440 g/mol. The molecule has 3 N–H and O–H groups in total. The minimum absolute atomic E-state index is 0.284. The Morgan fingerprint density at radius 1 is 1.16 bits per heavy atom. The van der Waals surface area contributed by atoms with Crippen molar-refractivity contribution < 1.29 is 9.18 Å². The number of likely N-dealkylation sites (tertiary alicyclic amines) is 1. The maximum atomic E-state index is 13.6. The molecule has 0 saturated carbocycles. The van der Waals surface area contributed by atoms with Gasteiger partial charge in [0.05, 0.1) is 0 Å². The number of guanidine groups is 1. The van der Waals surface area contributed by atoms with Crippen LogP contribution in [0.25, 0.3) is 0 Å². The van der Waals surface area contributed by atoms with Crippen LogP contribution >= 0.6 is 0 Å². The maximum Gasteiger partial charge on any atom is 0.251 e. The molecule has 0 radical (unpaired) electrons. The average Bonchev–Trinajstić information content (AvgIpc) is 2.80. The molecule has 1 fully saturated rings. The molecule has 2 atom stereocenters. The number of amides is 1. The number of aryl methyl sites for hydroxylation is 1. The van der Waals surface area contributed by atoms with Gasteiger partial charge in [0, 0.05) is 50.9 Å². The summed E-state index contributed by atoms with van der Waals surface area (Å²) in [6, 6.07) is 15.9. The monoisotopic (exact) mass is 439 g/mol. The number of rotatable bonds is 7. The molecule has 0 spiro atoms. The van der Waals surface area contributed by atoms with Gasteiger partial charge in [0.2, 0.25) is 0 Å². The minimum Gasteiger partial charge on any atom is -0.355 e. The number of aliphatic imine (C=N–C) groups is 1. The van der Waals surface area contributed by atoms with E-state index in [1.807, 2.05) is 0 Å². The number of nitrogens with zero attached hydrogens (tertiary/aromatic N) is 2. The molecule has 172 valence electrons. The van der Waals surface area contributed by atoms with Crippen molar-refractivity contribution in [1.29, 1.82) is 0 Å². The van der Waals surface area contributed by atoms with Gasteiger partial charge in [-0.2, -0.15) is 0 Å². The van der Waals surface area contributed by atoms with Crippen molar-refractivity contribution in [3.63, 3.8) is 0 Å². The maximum absolute atomic E-state index is 13.6. The van der Waals surface area contributed by atoms with Crippen LogP contribution in [0.15, 0.2) is 53.5 Å². The Kier molecular flexibility index (Phi) is 8.62. The third-order valence-corrected chi connectivity index (χ3v) is 5.94. The second-order valence-corrected chi connectivity index (χ2v) is 8.39. The molecular formula is C25H34FN5O. The number of hydrogen-bond donors (Lipinski definition) is 3. The number of hydrogen-bond acceptors (Lipinski definition) is 3. The fourth-order valence-electron chi connectivity index (χ4n) is 3.99. The summed E-state index contributed by atoms with van der Waals surface area (Å²) in [5, 5.41) is 9.56. The molecule has 7 heteroatoms. The molecule has 0 aromatic heterocycles. The lowest BCUT2D eigenvalue weighted by molar-refractivity contribution is 0.0953. The Bertz CT molecular complexity index is 918. The quantitative estimate of drug-likeness (QED) is 0.352. The molecular weight excluding hydrogens is 405 g/mol. The highest BCUT2D eigenvalue weighted by Gasteiger charge is 2.25. The lowest BCUT2D eigenvalue weighted by atomic mass is 9.97. The van der Waals surface area contributed by atoms with Gasteiger partial charge in [0.1, 0.15) is 5.82 Å². The van der Waals surface area contributed by atoms with E-state index in [2.05, 4.69) is 63.1 Å². The van der Waals surface area contributed by atoms with Crippen molar-refractivity contribution in [2.75, 3.05) is 26.7 Å². The summed E-state index contributed by atoms with van der Waals surface area (Å²) in [5.74, 6) is 0.0759. The first kappa shape index (κ1) is 23.7. The van der Waals surface area contributed by atoms with Gasteiger partial charge in [0.15, 0.2) is 5.96 Å².